The van der Waals surface area contributed by atoms with E-state index < -0.39 is 5.97 Å². The van der Waals surface area contributed by atoms with E-state index >= 15 is 0 Å². The van der Waals surface area contributed by atoms with Crippen LogP contribution in [0.5, 0.6) is 0 Å². The number of carboxylic acids is 1. The Hall–Kier alpha value is -2.47. The lowest BCUT2D eigenvalue weighted by molar-refractivity contribution is 0.0690. The Morgan fingerprint density at radius 3 is 2.71 bits per heavy atom. The third kappa shape index (κ3) is 3.00. The summed E-state index contributed by atoms with van der Waals surface area (Å²) < 4.78 is 5.78. The van der Waals surface area contributed by atoms with E-state index in [-0.39, 0.29) is 17.8 Å². The van der Waals surface area contributed by atoms with Crippen LogP contribution in [0, 0.1) is 0 Å². The molecule has 0 spiro atoms. The zero-order chi connectivity index (χ0) is 14.7. The maximum absolute atomic E-state index is 10.8. The molecule has 1 aromatic carbocycles. The van der Waals surface area contributed by atoms with Crippen LogP contribution in [-0.4, -0.2) is 33.7 Å². The van der Waals surface area contributed by atoms with Crippen molar-refractivity contribution in [3.05, 3.63) is 54.0 Å². The van der Waals surface area contributed by atoms with Gasteiger partial charge >= 0.3 is 5.97 Å². The Morgan fingerprint density at radius 1 is 1.24 bits per heavy atom. The van der Waals surface area contributed by atoms with Gasteiger partial charge in [-0.25, -0.2) is 14.8 Å². The first kappa shape index (κ1) is 13.5. The van der Waals surface area contributed by atoms with Crippen molar-refractivity contribution in [3.63, 3.8) is 0 Å². The molecule has 2 heterocycles. The second kappa shape index (κ2) is 5.88. The molecule has 1 aromatic heterocycles. The largest absolute Gasteiger partial charge is 0.476 e. The highest BCUT2D eigenvalue weighted by atomic mass is 16.5. The predicted octanol–water partition coefficient (Wildman–Crippen LogP) is 2.12. The fourth-order valence-corrected chi connectivity index (χ4v) is 2.41. The van der Waals surface area contributed by atoms with Gasteiger partial charge in [-0.15, -0.1) is 0 Å². The lowest BCUT2D eigenvalue weighted by atomic mass is 10.0. The molecule has 2 unspecified atom stereocenters. The van der Waals surface area contributed by atoms with Crippen molar-refractivity contribution in [2.45, 2.75) is 18.6 Å². The van der Waals surface area contributed by atoms with Crippen molar-refractivity contribution >= 4 is 11.8 Å². The van der Waals surface area contributed by atoms with Gasteiger partial charge in [0.2, 0.25) is 0 Å². The predicted molar refractivity (Wildman–Crippen MR) is 76.2 cm³/mol. The van der Waals surface area contributed by atoms with Crippen molar-refractivity contribution < 1.29 is 14.6 Å². The van der Waals surface area contributed by atoms with E-state index in [0.717, 1.165) is 12.0 Å². The molecule has 1 aliphatic heterocycles. The number of benzene rings is 1. The Balaban J connectivity index is 1.73. The van der Waals surface area contributed by atoms with E-state index in [4.69, 9.17) is 9.84 Å². The molecule has 6 nitrogen and oxygen atoms in total. The first-order valence-electron chi connectivity index (χ1n) is 6.72. The summed E-state index contributed by atoms with van der Waals surface area (Å²) in [7, 11) is 0. The topological polar surface area (TPSA) is 84.3 Å². The lowest BCUT2D eigenvalue weighted by Gasteiger charge is -2.20. The first-order chi connectivity index (χ1) is 10.2. The summed E-state index contributed by atoms with van der Waals surface area (Å²) in [5, 5.41) is 12.1. The number of hydrogen-bond acceptors (Lipinski definition) is 5. The average molecular weight is 285 g/mol. The minimum atomic E-state index is -1.08. The minimum absolute atomic E-state index is 0.0350. The van der Waals surface area contributed by atoms with E-state index in [9.17, 15) is 4.79 Å². The van der Waals surface area contributed by atoms with Crippen LogP contribution in [0.3, 0.4) is 0 Å². The van der Waals surface area contributed by atoms with Crippen LogP contribution in [0.15, 0.2) is 42.7 Å². The van der Waals surface area contributed by atoms with Gasteiger partial charge in [-0.3, -0.25) is 0 Å². The smallest absolute Gasteiger partial charge is 0.356 e. The molecule has 0 aliphatic carbocycles. The van der Waals surface area contributed by atoms with E-state index in [2.05, 4.69) is 15.3 Å². The number of carboxylic acid groups (broad SMARTS) is 1. The Bertz CT molecular complexity index is 616. The first-order valence-corrected chi connectivity index (χ1v) is 6.72. The van der Waals surface area contributed by atoms with Crippen molar-refractivity contribution in [3.8, 4) is 0 Å². The van der Waals surface area contributed by atoms with Gasteiger partial charge in [0.25, 0.3) is 0 Å². The summed E-state index contributed by atoms with van der Waals surface area (Å²) in [6.45, 7) is 0.678. The number of nitrogens with zero attached hydrogens (tertiary/aromatic N) is 2. The minimum Gasteiger partial charge on any atom is -0.476 e. The van der Waals surface area contributed by atoms with Gasteiger partial charge in [0.1, 0.15) is 11.9 Å². The quantitative estimate of drug-likeness (QED) is 0.895. The van der Waals surface area contributed by atoms with Crippen molar-refractivity contribution in [1.82, 2.24) is 9.97 Å². The zero-order valence-corrected chi connectivity index (χ0v) is 11.3. The van der Waals surface area contributed by atoms with E-state index in [0.29, 0.717) is 12.4 Å². The average Bonchev–Trinajstić information content (AvgIpc) is 2.97. The molecule has 1 saturated heterocycles. The van der Waals surface area contributed by atoms with Crippen LogP contribution in [0.25, 0.3) is 0 Å². The lowest BCUT2D eigenvalue weighted by Crippen LogP contribution is -2.24. The van der Waals surface area contributed by atoms with Gasteiger partial charge in [0, 0.05) is 6.61 Å². The standard InChI is InChI=1S/C15H15N3O3/c19-15(20)12-8-17-13(9-16-12)18-11-6-7-21-14(11)10-4-2-1-3-5-10/h1-5,8-9,11,14H,6-7H2,(H,17,18)(H,19,20). The van der Waals surface area contributed by atoms with E-state index in [1.807, 2.05) is 30.3 Å². The second-order valence-corrected chi connectivity index (χ2v) is 4.83. The molecule has 0 radical (unpaired) electrons. The van der Waals surface area contributed by atoms with Gasteiger partial charge in [-0.2, -0.15) is 0 Å². The summed E-state index contributed by atoms with van der Waals surface area (Å²) in [4.78, 5) is 18.7. The van der Waals surface area contributed by atoms with Crippen LogP contribution in [0.1, 0.15) is 28.6 Å². The normalized spacial score (nSPS) is 21.1. The molecule has 2 N–H and O–H groups in total. The summed E-state index contributed by atoms with van der Waals surface area (Å²) in [5.74, 6) is -0.531. The van der Waals surface area contributed by atoms with E-state index in [1.165, 1.54) is 12.4 Å². The number of aromatic nitrogens is 2. The molecule has 1 aliphatic rings. The van der Waals surface area contributed by atoms with Crippen LogP contribution >= 0.6 is 0 Å². The monoisotopic (exact) mass is 285 g/mol. The maximum atomic E-state index is 10.8. The molecule has 0 amide bonds. The molecular formula is C15H15N3O3. The molecule has 2 aromatic rings. The maximum Gasteiger partial charge on any atom is 0.356 e. The third-order valence-electron chi connectivity index (χ3n) is 3.42. The molecule has 2 atom stereocenters. The van der Waals surface area contributed by atoms with Gasteiger partial charge in [-0.1, -0.05) is 30.3 Å². The number of ether oxygens (including phenoxy) is 1. The Labute approximate surface area is 121 Å². The number of hydrogen-bond donors (Lipinski definition) is 2. The highest BCUT2D eigenvalue weighted by molar-refractivity contribution is 5.84. The highest BCUT2D eigenvalue weighted by Gasteiger charge is 2.29. The molecule has 108 valence electrons. The van der Waals surface area contributed by atoms with Crippen LogP contribution in [0.2, 0.25) is 0 Å². The number of aromatic carboxylic acids is 1. The molecule has 0 bridgehead atoms. The molecule has 21 heavy (non-hydrogen) atoms. The van der Waals surface area contributed by atoms with E-state index in [1.54, 1.807) is 0 Å². The fraction of sp³-hybridized carbons (Fsp3) is 0.267. The van der Waals surface area contributed by atoms with Gasteiger partial charge < -0.3 is 15.2 Å². The molecular weight excluding hydrogens is 270 g/mol. The summed E-state index contributed by atoms with van der Waals surface area (Å²) in [6.07, 6.45) is 3.51. The molecule has 3 rings (SSSR count). The number of anilines is 1. The van der Waals surface area contributed by atoms with Crippen LogP contribution < -0.4 is 5.32 Å². The van der Waals surface area contributed by atoms with Crippen molar-refractivity contribution in [2.24, 2.45) is 0 Å². The van der Waals surface area contributed by atoms with Crippen molar-refractivity contribution in [2.75, 3.05) is 11.9 Å². The molecule has 0 saturated carbocycles. The Kier molecular flexibility index (Phi) is 3.79. The number of rotatable bonds is 4. The number of carbonyl (C=O) groups is 1. The summed E-state index contributed by atoms with van der Waals surface area (Å²) >= 11 is 0. The van der Waals surface area contributed by atoms with Crippen molar-refractivity contribution in [1.29, 1.82) is 0 Å². The van der Waals surface area contributed by atoms with Gasteiger partial charge in [0.15, 0.2) is 5.69 Å². The summed E-state index contributed by atoms with van der Waals surface area (Å²) in [5.41, 5.74) is 1.05. The molecule has 6 heteroatoms. The van der Waals surface area contributed by atoms with Crippen LogP contribution in [0.4, 0.5) is 5.82 Å². The van der Waals surface area contributed by atoms with Gasteiger partial charge in [0.05, 0.1) is 18.4 Å². The zero-order valence-electron chi connectivity index (χ0n) is 11.3. The molecule has 1 fully saturated rings. The Morgan fingerprint density at radius 2 is 2.05 bits per heavy atom. The van der Waals surface area contributed by atoms with Crippen LogP contribution in [-0.2, 0) is 4.74 Å². The SMILES string of the molecule is O=C(O)c1cnc(NC2CCOC2c2ccccc2)cn1. The second-order valence-electron chi connectivity index (χ2n) is 4.83. The van der Waals surface area contributed by atoms with Gasteiger partial charge in [-0.05, 0) is 12.0 Å². The summed E-state index contributed by atoms with van der Waals surface area (Å²) in [6, 6.07) is 10.1. The highest BCUT2D eigenvalue weighted by Crippen LogP contribution is 2.30. The third-order valence-corrected chi connectivity index (χ3v) is 3.42. The fourth-order valence-electron chi connectivity index (χ4n) is 2.41. The number of nitrogens with one attached hydrogen (secondary N) is 1.